The summed E-state index contributed by atoms with van der Waals surface area (Å²) in [5.41, 5.74) is 2.37. The first kappa shape index (κ1) is 16.1. The van der Waals surface area contributed by atoms with Crippen LogP contribution in [0.25, 0.3) is 0 Å². The average Bonchev–Trinajstić information content (AvgIpc) is 3.10. The molecule has 0 spiro atoms. The van der Waals surface area contributed by atoms with Crippen molar-refractivity contribution in [3.8, 4) is 0 Å². The van der Waals surface area contributed by atoms with E-state index >= 15 is 0 Å². The highest BCUT2D eigenvalue weighted by atomic mass is 32.2. The Morgan fingerprint density at radius 1 is 0.955 bits per heavy atom. The van der Waals surface area contributed by atoms with Crippen molar-refractivity contribution < 1.29 is 4.79 Å². The minimum absolute atomic E-state index is 0.121. The van der Waals surface area contributed by atoms with Crippen molar-refractivity contribution in [3.63, 3.8) is 0 Å². The predicted molar refractivity (Wildman–Crippen MR) is 98.6 cm³/mol. The van der Waals surface area contributed by atoms with Crippen LogP contribution in [0.3, 0.4) is 0 Å². The molecule has 1 aromatic rings. The van der Waals surface area contributed by atoms with Gasteiger partial charge in [-0.15, -0.1) is 0 Å². The van der Waals surface area contributed by atoms with Crippen LogP contribution < -0.4 is 0 Å². The topological polar surface area (TPSA) is 17.1 Å². The first-order valence-electron chi connectivity index (χ1n) is 8.99. The lowest BCUT2D eigenvalue weighted by atomic mass is 9.83. The van der Waals surface area contributed by atoms with E-state index in [0.717, 1.165) is 11.5 Å². The molecule has 0 amide bonds. The molecule has 0 aromatic heterocycles. The van der Waals surface area contributed by atoms with Crippen molar-refractivity contribution in [3.05, 3.63) is 35.4 Å². The third-order valence-electron chi connectivity index (χ3n) is 5.70. The fraction of sp³-hybridized carbons (Fsp3) is 0.650. The van der Waals surface area contributed by atoms with E-state index in [1.807, 2.05) is 0 Å². The van der Waals surface area contributed by atoms with Gasteiger partial charge in [0.25, 0.3) is 0 Å². The van der Waals surface area contributed by atoms with Gasteiger partial charge in [-0.25, -0.2) is 10.9 Å². The van der Waals surface area contributed by atoms with Gasteiger partial charge in [-0.2, -0.15) is 0 Å². The van der Waals surface area contributed by atoms with Crippen LogP contribution in [0.4, 0.5) is 0 Å². The molecular formula is C20H30OS. The minimum atomic E-state index is -0.141. The molecule has 0 atom stereocenters. The van der Waals surface area contributed by atoms with Crippen LogP contribution >= 0.6 is 10.9 Å². The highest BCUT2D eigenvalue weighted by Crippen LogP contribution is 2.48. The predicted octanol–water partition coefficient (Wildman–Crippen LogP) is 5.49. The number of hydrogen-bond donors (Lipinski definition) is 1. The minimum Gasteiger partial charge on any atom is -0.293 e. The Hall–Kier alpha value is -0.760. The van der Waals surface area contributed by atoms with Gasteiger partial charge >= 0.3 is 0 Å². The number of benzene rings is 1. The van der Waals surface area contributed by atoms with E-state index < -0.39 is 0 Å². The number of rotatable bonds is 4. The van der Waals surface area contributed by atoms with Gasteiger partial charge in [-0.3, -0.25) is 4.79 Å². The first-order chi connectivity index (χ1) is 10.6. The van der Waals surface area contributed by atoms with Crippen LogP contribution in [0.1, 0.15) is 80.6 Å². The lowest BCUT2D eigenvalue weighted by Gasteiger charge is -2.33. The zero-order chi connectivity index (χ0) is 15.6. The molecule has 0 radical (unpaired) electrons. The third kappa shape index (κ3) is 3.27. The summed E-state index contributed by atoms with van der Waals surface area (Å²) in [6.07, 6.45) is 9.41. The lowest BCUT2D eigenvalue weighted by Crippen LogP contribution is -2.32. The summed E-state index contributed by atoms with van der Waals surface area (Å²) in [5.74, 6) is 3.67. The van der Waals surface area contributed by atoms with Gasteiger partial charge in [0.1, 0.15) is 0 Å². The summed E-state index contributed by atoms with van der Waals surface area (Å²) in [6.45, 7) is 4.36. The fourth-order valence-corrected chi connectivity index (χ4v) is 7.08. The smallest absolute Gasteiger partial charge is 0.176 e. The Balaban J connectivity index is 1.72. The summed E-state index contributed by atoms with van der Waals surface area (Å²) >= 11 is 0. The second kappa shape index (κ2) is 6.78. The van der Waals surface area contributed by atoms with E-state index in [4.69, 9.17) is 0 Å². The lowest BCUT2D eigenvalue weighted by molar-refractivity contribution is 0.0957. The molecule has 1 saturated carbocycles. The molecule has 2 aliphatic rings. The van der Waals surface area contributed by atoms with Crippen LogP contribution in [0.2, 0.25) is 0 Å². The molecule has 1 aliphatic heterocycles. The maximum Gasteiger partial charge on any atom is 0.176 e. The van der Waals surface area contributed by atoms with E-state index in [1.54, 1.807) is 0 Å². The molecule has 1 saturated heterocycles. The molecule has 1 aromatic carbocycles. The van der Waals surface area contributed by atoms with Gasteiger partial charge in [0, 0.05) is 5.56 Å². The Kier molecular flexibility index (Phi) is 4.97. The fourth-order valence-electron chi connectivity index (χ4n) is 4.12. The second-order valence-electron chi connectivity index (χ2n) is 7.54. The standard InChI is InChI=1S/C20H30OS/c1-20(2,22-14-6-7-15-22)19(21)18-12-10-17(11-13-18)16-8-4-3-5-9-16/h10-13,16,22H,3-9,14-15H2,1-2H3. The van der Waals surface area contributed by atoms with Crippen molar-refractivity contribution in [2.75, 3.05) is 11.5 Å². The maximum absolute atomic E-state index is 13.0. The molecule has 0 N–H and O–H groups in total. The third-order valence-corrected chi connectivity index (χ3v) is 9.20. The Bertz CT molecular complexity index is 505. The van der Waals surface area contributed by atoms with Crippen LogP contribution in [0.5, 0.6) is 0 Å². The van der Waals surface area contributed by atoms with E-state index in [0.29, 0.717) is 5.78 Å². The quantitative estimate of drug-likeness (QED) is 0.574. The van der Waals surface area contributed by atoms with E-state index in [1.165, 1.54) is 62.0 Å². The van der Waals surface area contributed by atoms with Crippen LogP contribution in [-0.2, 0) is 0 Å². The monoisotopic (exact) mass is 318 g/mol. The zero-order valence-corrected chi connectivity index (χ0v) is 15.0. The molecule has 1 aliphatic carbocycles. The molecule has 3 rings (SSSR count). The van der Waals surface area contributed by atoms with Crippen molar-refractivity contribution in [1.82, 2.24) is 0 Å². The van der Waals surface area contributed by atoms with E-state index in [2.05, 4.69) is 38.1 Å². The van der Waals surface area contributed by atoms with Gasteiger partial charge in [0.15, 0.2) is 5.78 Å². The summed E-state index contributed by atoms with van der Waals surface area (Å²) in [7, 11) is -0.121. The number of Topliss-reactive ketones (excluding diaryl/α,β-unsaturated/α-hetero) is 1. The largest absolute Gasteiger partial charge is 0.293 e. The number of thiol groups is 1. The van der Waals surface area contributed by atoms with Gasteiger partial charge < -0.3 is 0 Å². The van der Waals surface area contributed by atoms with Crippen LogP contribution in [0, 0.1) is 0 Å². The van der Waals surface area contributed by atoms with Crippen LogP contribution in [0.15, 0.2) is 24.3 Å². The Morgan fingerprint density at radius 2 is 1.55 bits per heavy atom. The molecule has 1 heterocycles. The highest BCUT2D eigenvalue weighted by Gasteiger charge is 2.36. The van der Waals surface area contributed by atoms with Gasteiger partial charge in [-0.05, 0) is 62.5 Å². The Labute approximate surface area is 138 Å². The number of carbonyl (C=O) groups excluding carboxylic acids is 1. The first-order valence-corrected chi connectivity index (χ1v) is 10.7. The van der Waals surface area contributed by atoms with Crippen molar-refractivity contribution in [1.29, 1.82) is 0 Å². The van der Waals surface area contributed by atoms with Crippen LogP contribution in [-0.4, -0.2) is 22.0 Å². The molecule has 1 nitrogen and oxygen atoms in total. The zero-order valence-electron chi connectivity index (χ0n) is 14.1. The SMILES string of the molecule is CC(C)(C(=O)c1ccc(C2CCCCC2)cc1)[SH]1CCCC1. The number of ketones is 1. The average molecular weight is 319 g/mol. The molecule has 0 unspecified atom stereocenters. The Morgan fingerprint density at radius 3 is 2.14 bits per heavy atom. The molecule has 22 heavy (non-hydrogen) atoms. The molecule has 2 fully saturated rings. The second-order valence-corrected chi connectivity index (χ2v) is 10.6. The summed E-state index contributed by atoms with van der Waals surface area (Å²) < 4.78 is -0.141. The van der Waals surface area contributed by atoms with Gasteiger partial charge in [0.2, 0.25) is 0 Å². The molecule has 0 bridgehead atoms. The molecular weight excluding hydrogens is 288 g/mol. The van der Waals surface area contributed by atoms with Crippen molar-refractivity contribution in [2.45, 2.75) is 69.5 Å². The van der Waals surface area contributed by atoms with Crippen molar-refractivity contribution in [2.24, 2.45) is 0 Å². The number of hydrogen-bond acceptors (Lipinski definition) is 1. The normalized spacial score (nSPS) is 22.0. The molecule has 122 valence electrons. The van der Waals surface area contributed by atoms with Gasteiger partial charge in [0.05, 0.1) is 4.75 Å². The maximum atomic E-state index is 13.0. The van der Waals surface area contributed by atoms with E-state index in [9.17, 15) is 4.79 Å². The number of carbonyl (C=O) groups is 1. The summed E-state index contributed by atoms with van der Waals surface area (Å²) in [4.78, 5) is 13.0. The highest BCUT2D eigenvalue weighted by molar-refractivity contribution is 8.19. The summed E-state index contributed by atoms with van der Waals surface area (Å²) in [5, 5.41) is 0. The van der Waals surface area contributed by atoms with Crippen molar-refractivity contribution >= 4 is 16.7 Å². The van der Waals surface area contributed by atoms with E-state index in [-0.39, 0.29) is 15.6 Å². The van der Waals surface area contributed by atoms with Gasteiger partial charge in [-0.1, -0.05) is 43.5 Å². The molecule has 2 heteroatoms. The summed E-state index contributed by atoms with van der Waals surface area (Å²) in [6, 6.07) is 8.64.